The Kier molecular flexibility index (Phi) is 2.82. The van der Waals surface area contributed by atoms with Gasteiger partial charge in [0.2, 0.25) is 0 Å². The molecule has 7 nitrogen and oxygen atoms in total. The number of hydrogen-bond donors (Lipinski definition) is 3. The topological polar surface area (TPSA) is 110 Å². The number of H-pyrrole nitrogens is 1. The van der Waals surface area contributed by atoms with Gasteiger partial charge in [0.1, 0.15) is 4.88 Å². The number of aromatic nitrogens is 4. The van der Waals surface area contributed by atoms with E-state index in [0.29, 0.717) is 16.4 Å². The number of nitrogens with one attached hydrogen (secondary N) is 2. The predicted octanol–water partition coefficient (Wildman–Crippen LogP) is 0.334. The number of tetrazole rings is 1. The van der Waals surface area contributed by atoms with Crippen LogP contribution in [0.1, 0.15) is 28.5 Å². The first-order valence-corrected chi connectivity index (χ1v) is 5.43. The summed E-state index contributed by atoms with van der Waals surface area (Å²) in [5.41, 5.74) is 6.11. The van der Waals surface area contributed by atoms with Crippen molar-refractivity contribution >= 4 is 22.9 Å². The molecule has 2 aromatic rings. The first kappa shape index (κ1) is 10.6. The van der Waals surface area contributed by atoms with Gasteiger partial charge in [0, 0.05) is 0 Å². The number of rotatable bonds is 3. The van der Waals surface area contributed by atoms with Gasteiger partial charge in [-0.05, 0) is 18.4 Å². The van der Waals surface area contributed by atoms with E-state index in [1.165, 1.54) is 11.3 Å². The summed E-state index contributed by atoms with van der Waals surface area (Å²) in [6.07, 6.45) is 0. The molecular weight excluding hydrogens is 228 g/mol. The molecule has 0 aliphatic heterocycles. The molecule has 1 unspecified atom stereocenters. The van der Waals surface area contributed by atoms with Gasteiger partial charge >= 0.3 is 0 Å². The highest BCUT2D eigenvalue weighted by Gasteiger charge is 2.17. The molecule has 0 radical (unpaired) electrons. The fourth-order valence-electron chi connectivity index (χ4n) is 1.18. The Labute approximate surface area is 95.0 Å². The van der Waals surface area contributed by atoms with Crippen molar-refractivity contribution in [2.75, 3.05) is 5.73 Å². The molecule has 0 spiro atoms. The van der Waals surface area contributed by atoms with E-state index in [-0.39, 0.29) is 11.9 Å². The second kappa shape index (κ2) is 4.27. The van der Waals surface area contributed by atoms with Crippen LogP contribution in [0.15, 0.2) is 11.4 Å². The van der Waals surface area contributed by atoms with Crippen LogP contribution in [0.2, 0.25) is 0 Å². The summed E-state index contributed by atoms with van der Waals surface area (Å²) >= 11 is 1.30. The number of thiophene rings is 1. The lowest BCUT2D eigenvalue weighted by molar-refractivity contribution is 0.0943. The third-order valence-corrected chi connectivity index (χ3v) is 2.93. The van der Waals surface area contributed by atoms with E-state index >= 15 is 0 Å². The number of carbonyl (C=O) groups is 1. The molecular formula is C8H10N6OS. The summed E-state index contributed by atoms with van der Waals surface area (Å²) in [6, 6.07) is 1.38. The van der Waals surface area contributed by atoms with Crippen molar-refractivity contribution in [3.8, 4) is 0 Å². The van der Waals surface area contributed by atoms with Crippen molar-refractivity contribution in [2.45, 2.75) is 13.0 Å². The second-order valence-electron chi connectivity index (χ2n) is 3.17. The number of aromatic amines is 1. The molecule has 1 atom stereocenters. The van der Waals surface area contributed by atoms with E-state index in [4.69, 9.17) is 5.73 Å². The Morgan fingerprint density at radius 1 is 1.69 bits per heavy atom. The van der Waals surface area contributed by atoms with Gasteiger partial charge in [0.05, 0.1) is 11.7 Å². The Hall–Kier alpha value is -1.96. The summed E-state index contributed by atoms with van der Waals surface area (Å²) in [5, 5.41) is 17.8. The molecule has 2 heterocycles. The molecule has 2 rings (SSSR count). The van der Waals surface area contributed by atoms with E-state index < -0.39 is 0 Å². The lowest BCUT2D eigenvalue weighted by atomic mass is 10.3. The lowest BCUT2D eigenvalue weighted by Gasteiger charge is -2.08. The Balaban J connectivity index is 2.06. The highest BCUT2D eigenvalue weighted by Crippen LogP contribution is 2.19. The average Bonchev–Trinajstić information content (AvgIpc) is 2.86. The summed E-state index contributed by atoms with van der Waals surface area (Å²) in [5.74, 6) is 0.202. The number of amides is 1. The molecule has 0 saturated heterocycles. The summed E-state index contributed by atoms with van der Waals surface area (Å²) in [6.45, 7) is 1.77. The van der Waals surface area contributed by atoms with Crippen LogP contribution < -0.4 is 11.1 Å². The Morgan fingerprint density at radius 3 is 3.06 bits per heavy atom. The number of nitrogen functional groups attached to an aromatic ring is 1. The fraction of sp³-hybridized carbons (Fsp3) is 0.250. The summed E-state index contributed by atoms with van der Waals surface area (Å²) < 4.78 is 0. The molecule has 0 fully saturated rings. The van der Waals surface area contributed by atoms with Crippen LogP contribution in [0.25, 0.3) is 0 Å². The molecule has 0 aromatic carbocycles. The zero-order chi connectivity index (χ0) is 11.5. The van der Waals surface area contributed by atoms with Gasteiger partial charge in [0.15, 0.2) is 5.82 Å². The third-order valence-electron chi connectivity index (χ3n) is 2.00. The van der Waals surface area contributed by atoms with Gasteiger partial charge in [0.25, 0.3) is 5.91 Å². The predicted molar refractivity (Wildman–Crippen MR) is 58.8 cm³/mol. The Bertz CT molecular complexity index is 478. The van der Waals surface area contributed by atoms with E-state index in [0.717, 1.165) is 0 Å². The smallest absolute Gasteiger partial charge is 0.264 e. The van der Waals surface area contributed by atoms with Crippen LogP contribution in [0, 0.1) is 0 Å². The van der Waals surface area contributed by atoms with E-state index in [9.17, 15) is 4.79 Å². The minimum absolute atomic E-state index is 0.232. The molecule has 0 saturated carbocycles. The molecule has 16 heavy (non-hydrogen) atoms. The van der Waals surface area contributed by atoms with Gasteiger partial charge in [-0.2, -0.15) is 5.21 Å². The molecule has 84 valence electrons. The third kappa shape index (κ3) is 2.01. The number of carbonyl (C=O) groups excluding carboxylic acids is 1. The SMILES string of the molecule is CC(NC(=O)c1sccc1N)c1nn[nH]n1. The average molecular weight is 238 g/mol. The van der Waals surface area contributed by atoms with Crippen molar-refractivity contribution in [1.82, 2.24) is 25.9 Å². The maximum Gasteiger partial charge on any atom is 0.264 e. The molecule has 2 aromatic heterocycles. The van der Waals surface area contributed by atoms with Crippen molar-refractivity contribution in [2.24, 2.45) is 0 Å². The van der Waals surface area contributed by atoms with Gasteiger partial charge in [-0.25, -0.2) is 0 Å². The Morgan fingerprint density at radius 2 is 2.50 bits per heavy atom. The summed E-state index contributed by atoms with van der Waals surface area (Å²) in [7, 11) is 0. The van der Waals surface area contributed by atoms with Crippen molar-refractivity contribution in [3.63, 3.8) is 0 Å². The molecule has 0 aliphatic rings. The van der Waals surface area contributed by atoms with Crippen LogP contribution in [0.4, 0.5) is 5.69 Å². The highest BCUT2D eigenvalue weighted by atomic mass is 32.1. The van der Waals surface area contributed by atoms with E-state index in [1.807, 2.05) is 0 Å². The highest BCUT2D eigenvalue weighted by molar-refractivity contribution is 7.12. The second-order valence-corrected chi connectivity index (χ2v) is 4.09. The maximum absolute atomic E-state index is 11.8. The standard InChI is InChI=1S/C8H10N6OS/c1-4(7-11-13-14-12-7)10-8(15)6-5(9)2-3-16-6/h2-4H,9H2,1H3,(H,10,15)(H,11,12,13,14). The summed E-state index contributed by atoms with van der Waals surface area (Å²) in [4.78, 5) is 12.3. The molecule has 0 aliphatic carbocycles. The van der Waals surface area contributed by atoms with Gasteiger partial charge in [-0.1, -0.05) is 5.21 Å². The van der Waals surface area contributed by atoms with E-state index in [2.05, 4.69) is 25.9 Å². The quantitative estimate of drug-likeness (QED) is 0.714. The van der Waals surface area contributed by atoms with Crippen LogP contribution >= 0.6 is 11.3 Å². The molecule has 8 heteroatoms. The van der Waals surface area contributed by atoms with Crippen molar-refractivity contribution in [3.05, 3.63) is 22.1 Å². The van der Waals surface area contributed by atoms with Gasteiger partial charge in [-0.3, -0.25) is 4.79 Å². The maximum atomic E-state index is 11.8. The minimum atomic E-state index is -0.312. The lowest BCUT2D eigenvalue weighted by Crippen LogP contribution is -2.27. The first-order chi connectivity index (χ1) is 7.68. The minimum Gasteiger partial charge on any atom is -0.397 e. The van der Waals surface area contributed by atoms with Crippen LogP contribution in [0.3, 0.4) is 0 Å². The first-order valence-electron chi connectivity index (χ1n) is 4.55. The van der Waals surface area contributed by atoms with Crippen LogP contribution in [-0.4, -0.2) is 26.5 Å². The number of nitrogens with two attached hydrogens (primary N) is 1. The zero-order valence-corrected chi connectivity index (χ0v) is 9.28. The van der Waals surface area contributed by atoms with E-state index in [1.54, 1.807) is 18.4 Å². The molecule has 0 bridgehead atoms. The number of anilines is 1. The molecule has 4 N–H and O–H groups in total. The van der Waals surface area contributed by atoms with Crippen molar-refractivity contribution in [1.29, 1.82) is 0 Å². The van der Waals surface area contributed by atoms with Crippen LogP contribution in [-0.2, 0) is 0 Å². The van der Waals surface area contributed by atoms with Crippen LogP contribution in [0.5, 0.6) is 0 Å². The monoisotopic (exact) mass is 238 g/mol. The van der Waals surface area contributed by atoms with Crippen molar-refractivity contribution < 1.29 is 4.79 Å². The molecule has 1 amide bonds. The number of hydrogen-bond acceptors (Lipinski definition) is 6. The zero-order valence-electron chi connectivity index (χ0n) is 8.47. The number of nitrogens with zero attached hydrogens (tertiary/aromatic N) is 3. The normalized spacial score (nSPS) is 12.3. The fourth-order valence-corrected chi connectivity index (χ4v) is 1.90. The van der Waals surface area contributed by atoms with Gasteiger partial charge in [-0.15, -0.1) is 21.5 Å². The van der Waals surface area contributed by atoms with Gasteiger partial charge < -0.3 is 11.1 Å². The largest absolute Gasteiger partial charge is 0.397 e.